The van der Waals surface area contributed by atoms with Gasteiger partial charge in [0.25, 0.3) is 11.8 Å². The van der Waals surface area contributed by atoms with Crippen molar-refractivity contribution < 1.29 is 30.0 Å². The van der Waals surface area contributed by atoms with E-state index in [1.807, 2.05) is 0 Å². The average Bonchev–Trinajstić information content (AvgIpc) is 2.61. The van der Waals surface area contributed by atoms with Crippen LogP contribution in [0.5, 0.6) is 23.0 Å². The second kappa shape index (κ2) is 7.58. The number of hydrogen-bond donors (Lipinski definition) is 6. The van der Waals surface area contributed by atoms with Crippen molar-refractivity contribution in [3.05, 3.63) is 71.8 Å². The van der Waals surface area contributed by atoms with Crippen molar-refractivity contribution in [2.75, 3.05) is 10.6 Å². The highest BCUT2D eigenvalue weighted by Gasteiger charge is 2.11. The van der Waals surface area contributed by atoms with E-state index in [1.165, 1.54) is 24.3 Å². The molecule has 0 heterocycles. The molecule has 2 amide bonds. The van der Waals surface area contributed by atoms with E-state index in [0.717, 1.165) is 12.1 Å². The quantitative estimate of drug-likeness (QED) is 0.411. The number of carbonyl (C=O) groups excluding carboxylic acids is 2. The lowest BCUT2D eigenvalue weighted by Crippen LogP contribution is -2.13. The molecule has 0 aliphatic carbocycles. The molecular weight excluding hydrogens is 364 g/mol. The van der Waals surface area contributed by atoms with Gasteiger partial charge < -0.3 is 31.1 Å². The molecule has 8 nitrogen and oxygen atoms in total. The number of phenols is 4. The highest BCUT2D eigenvalue weighted by Crippen LogP contribution is 2.23. The Bertz CT molecular complexity index is 922. The lowest BCUT2D eigenvalue weighted by Gasteiger charge is -2.09. The van der Waals surface area contributed by atoms with Crippen LogP contribution in [0.25, 0.3) is 0 Å². The van der Waals surface area contributed by atoms with Gasteiger partial charge in [-0.1, -0.05) is 0 Å². The second-order valence-corrected chi connectivity index (χ2v) is 5.96. The lowest BCUT2D eigenvalue weighted by molar-refractivity contribution is 0.101. The Morgan fingerprint density at radius 2 is 0.821 bits per heavy atom. The summed E-state index contributed by atoms with van der Waals surface area (Å²) in [6.07, 6.45) is 0. The third kappa shape index (κ3) is 4.50. The van der Waals surface area contributed by atoms with Gasteiger partial charge in [0.2, 0.25) is 0 Å². The summed E-state index contributed by atoms with van der Waals surface area (Å²) in [4.78, 5) is 24.4. The average molecular weight is 380 g/mol. The van der Waals surface area contributed by atoms with E-state index in [0.29, 0.717) is 11.4 Å². The van der Waals surface area contributed by atoms with Gasteiger partial charge in [0.1, 0.15) is 23.0 Å². The summed E-state index contributed by atoms with van der Waals surface area (Å²) in [5, 5.41) is 43.0. The number of amides is 2. The van der Waals surface area contributed by atoms with Crippen LogP contribution < -0.4 is 10.6 Å². The minimum absolute atomic E-state index is 0.0820. The fourth-order valence-corrected chi connectivity index (χ4v) is 2.50. The molecule has 0 aliphatic heterocycles. The van der Waals surface area contributed by atoms with Gasteiger partial charge in [0.05, 0.1) is 0 Å². The van der Waals surface area contributed by atoms with Gasteiger partial charge in [-0.2, -0.15) is 0 Å². The van der Waals surface area contributed by atoms with E-state index in [1.54, 1.807) is 24.3 Å². The minimum atomic E-state index is -0.529. The number of anilines is 2. The molecule has 0 radical (unpaired) electrons. The maximum absolute atomic E-state index is 12.2. The van der Waals surface area contributed by atoms with Crippen LogP contribution >= 0.6 is 0 Å². The first-order chi connectivity index (χ1) is 13.3. The maximum atomic E-state index is 12.2. The molecule has 0 aliphatic rings. The summed E-state index contributed by atoms with van der Waals surface area (Å²) in [7, 11) is 0. The van der Waals surface area contributed by atoms with Gasteiger partial charge in [0, 0.05) is 34.6 Å². The van der Waals surface area contributed by atoms with Crippen LogP contribution in [0.1, 0.15) is 20.7 Å². The standard InChI is InChI=1S/C20H16N2O6/c23-15-5-11(6-16(24)9-15)19(27)21-13-1-2-14(4-3-13)22-20(28)12-7-17(25)10-18(26)8-12/h1-10,23-26H,(H,21,27)(H,22,28). The zero-order chi connectivity index (χ0) is 20.3. The topological polar surface area (TPSA) is 139 Å². The molecule has 0 unspecified atom stereocenters. The molecule has 8 heteroatoms. The molecule has 3 aromatic carbocycles. The van der Waals surface area contributed by atoms with Crippen molar-refractivity contribution in [2.24, 2.45) is 0 Å². The number of nitrogens with one attached hydrogen (secondary N) is 2. The van der Waals surface area contributed by atoms with E-state index < -0.39 is 11.8 Å². The minimum Gasteiger partial charge on any atom is -0.508 e. The van der Waals surface area contributed by atoms with Crippen molar-refractivity contribution in [1.82, 2.24) is 0 Å². The number of benzene rings is 3. The number of rotatable bonds is 4. The predicted octanol–water partition coefficient (Wildman–Crippen LogP) is 3.01. The second-order valence-electron chi connectivity index (χ2n) is 5.96. The SMILES string of the molecule is O=C(Nc1ccc(NC(=O)c2cc(O)cc(O)c2)cc1)c1cc(O)cc(O)c1. The largest absolute Gasteiger partial charge is 0.508 e. The van der Waals surface area contributed by atoms with E-state index in [2.05, 4.69) is 10.6 Å². The highest BCUT2D eigenvalue weighted by atomic mass is 16.3. The zero-order valence-corrected chi connectivity index (χ0v) is 14.4. The van der Waals surface area contributed by atoms with Gasteiger partial charge in [-0.15, -0.1) is 0 Å². The highest BCUT2D eigenvalue weighted by molar-refractivity contribution is 6.06. The van der Waals surface area contributed by atoms with Crippen LogP contribution in [-0.4, -0.2) is 32.2 Å². The van der Waals surface area contributed by atoms with Crippen LogP contribution in [0.4, 0.5) is 11.4 Å². The van der Waals surface area contributed by atoms with Gasteiger partial charge in [-0.05, 0) is 48.5 Å². The zero-order valence-electron chi connectivity index (χ0n) is 14.4. The van der Waals surface area contributed by atoms with Crippen LogP contribution in [0.15, 0.2) is 60.7 Å². The fourth-order valence-electron chi connectivity index (χ4n) is 2.50. The Labute approximate surface area is 159 Å². The van der Waals surface area contributed by atoms with Crippen molar-refractivity contribution in [2.45, 2.75) is 0 Å². The summed E-state index contributed by atoms with van der Waals surface area (Å²) >= 11 is 0. The monoisotopic (exact) mass is 380 g/mol. The molecule has 0 saturated carbocycles. The van der Waals surface area contributed by atoms with Crippen molar-refractivity contribution in [1.29, 1.82) is 0 Å². The summed E-state index contributed by atoms with van der Waals surface area (Å²) in [6, 6.07) is 13.3. The molecule has 6 N–H and O–H groups in total. The molecule has 3 aromatic rings. The van der Waals surface area contributed by atoms with Crippen molar-refractivity contribution >= 4 is 23.2 Å². The van der Waals surface area contributed by atoms with Gasteiger partial charge in [-0.25, -0.2) is 0 Å². The van der Waals surface area contributed by atoms with Crippen molar-refractivity contribution in [3.8, 4) is 23.0 Å². The van der Waals surface area contributed by atoms with Crippen LogP contribution in [0, 0.1) is 0 Å². The normalized spacial score (nSPS) is 10.3. The van der Waals surface area contributed by atoms with E-state index >= 15 is 0 Å². The first kappa shape index (κ1) is 18.6. The van der Waals surface area contributed by atoms with Gasteiger partial charge >= 0.3 is 0 Å². The number of carbonyl (C=O) groups is 2. The Kier molecular flexibility index (Phi) is 5.03. The third-order valence-electron chi connectivity index (χ3n) is 3.73. The summed E-state index contributed by atoms with van der Waals surface area (Å²) < 4.78 is 0. The molecule has 28 heavy (non-hydrogen) atoms. The van der Waals surface area contributed by atoms with Gasteiger partial charge in [0.15, 0.2) is 0 Å². The maximum Gasteiger partial charge on any atom is 0.255 e. The predicted molar refractivity (Wildman–Crippen MR) is 102 cm³/mol. The first-order valence-electron chi connectivity index (χ1n) is 8.09. The molecule has 3 rings (SSSR count). The lowest BCUT2D eigenvalue weighted by atomic mass is 10.1. The van der Waals surface area contributed by atoms with E-state index in [-0.39, 0.29) is 34.1 Å². The summed E-state index contributed by atoms with van der Waals surface area (Å²) in [5.41, 5.74) is 1.03. The Balaban J connectivity index is 1.67. The molecule has 142 valence electrons. The molecular formula is C20H16N2O6. The van der Waals surface area contributed by atoms with E-state index in [4.69, 9.17) is 0 Å². The van der Waals surface area contributed by atoms with Crippen LogP contribution in [0.2, 0.25) is 0 Å². The number of aromatic hydroxyl groups is 4. The summed E-state index contributed by atoms with van der Waals surface area (Å²) in [5.74, 6) is -2.00. The van der Waals surface area contributed by atoms with Gasteiger partial charge in [-0.3, -0.25) is 9.59 Å². The number of phenolic OH excluding ortho intramolecular Hbond substituents is 4. The van der Waals surface area contributed by atoms with Crippen LogP contribution in [-0.2, 0) is 0 Å². The number of hydrogen-bond acceptors (Lipinski definition) is 6. The smallest absolute Gasteiger partial charge is 0.255 e. The molecule has 0 spiro atoms. The first-order valence-corrected chi connectivity index (χ1v) is 8.09. The molecule has 0 atom stereocenters. The van der Waals surface area contributed by atoms with Crippen molar-refractivity contribution in [3.63, 3.8) is 0 Å². The Morgan fingerprint density at radius 3 is 1.11 bits per heavy atom. The molecule has 0 fully saturated rings. The fraction of sp³-hybridized carbons (Fsp3) is 0. The molecule has 0 aromatic heterocycles. The molecule has 0 bridgehead atoms. The van der Waals surface area contributed by atoms with E-state index in [9.17, 15) is 30.0 Å². The third-order valence-corrected chi connectivity index (χ3v) is 3.73. The molecule has 0 saturated heterocycles. The van der Waals surface area contributed by atoms with Crippen LogP contribution in [0.3, 0.4) is 0 Å². The Hall–Kier alpha value is -4.20. The summed E-state index contributed by atoms with van der Waals surface area (Å²) in [6.45, 7) is 0. The Morgan fingerprint density at radius 1 is 0.536 bits per heavy atom.